The maximum Gasteiger partial charge on any atom is 0.308 e. The largest absolute Gasteiger partial charge is 0.545 e. The highest BCUT2D eigenvalue weighted by atomic mass is 35.5. The number of hydrogen-bond donors (Lipinski definition) is 2. The third kappa shape index (κ3) is 5.19. The summed E-state index contributed by atoms with van der Waals surface area (Å²) in [5, 5.41) is 26.1. The average Bonchev–Trinajstić information content (AvgIpc) is 3.31. The number of likely N-dealkylation sites (tertiary alicyclic amines) is 1. The zero-order valence-electron chi connectivity index (χ0n) is 18.2. The Kier molecular flexibility index (Phi) is 6.89. The number of piperidine rings is 1. The minimum Gasteiger partial charge on any atom is -0.545 e. The summed E-state index contributed by atoms with van der Waals surface area (Å²) in [4.78, 5) is 33.4. The molecule has 1 saturated heterocycles. The molecule has 2 atom stereocenters. The highest BCUT2D eigenvalue weighted by Gasteiger charge is 2.43. The number of amidine groups is 1. The summed E-state index contributed by atoms with van der Waals surface area (Å²) >= 11 is 7.41. The van der Waals surface area contributed by atoms with Gasteiger partial charge in [-0.2, -0.15) is 0 Å². The van der Waals surface area contributed by atoms with E-state index in [2.05, 4.69) is 15.3 Å². The zero-order valence-corrected chi connectivity index (χ0v) is 19.8. The first-order chi connectivity index (χ1) is 16.5. The van der Waals surface area contributed by atoms with E-state index in [1.54, 1.807) is 5.38 Å². The van der Waals surface area contributed by atoms with Crippen molar-refractivity contribution in [3.8, 4) is 0 Å². The molecule has 0 aliphatic carbocycles. The van der Waals surface area contributed by atoms with Crippen LogP contribution in [0, 0.1) is 18.7 Å². The van der Waals surface area contributed by atoms with Crippen LogP contribution in [-0.4, -0.2) is 58.3 Å². The zero-order chi connectivity index (χ0) is 25.5. The molecule has 3 heterocycles. The Balaban J connectivity index is 1.80. The van der Waals surface area contributed by atoms with Crippen LogP contribution in [0.5, 0.6) is 0 Å². The molecule has 8 nitrogen and oxygen atoms in total. The predicted octanol–water partition coefficient (Wildman–Crippen LogP) is 2.38. The van der Waals surface area contributed by atoms with Gasteiger partial charge in [-0.05, 0) is 12.5 Å². The Bertz CT molecular complexity index is 1240. The molecule has 2 aliphatic rings. The van der Waals surface area contributed by atoms with Crippen molar-refractivity contribution >= 4 is 40.7 Å². The lowest BCUT2D eigenvalue weighted by atomic mass is 9.92. The molecule has 0 unspecified atom stereocenters. The number of halogens is 4. The molecule has 4 rings (SSSR count). The number of aliphatic carboxylic acids is 2. The van der Waals surface area contributed by atoms with E-state index in [-0.39, 0.29) is 40.8 Å². The molecule has 2 aliphatic heterocycles. The highest BCUT2D eigenvalue weighted by Crippen LogP contribution is 2.38. The summed E-state index contributed by atoms with van der Waals surface area (Å²) in [5.41, 5.74) is -0.175. The van der Waals surface area contributed by atoms with Crippen molar-refractivity contribution in [1.82, 2.24) is 15.2 Å². The first-order valence-electron chi connectivity index (χ1n) is 10.4. The van der Waals surface area contributed by atoms with Crippen LogP contribution in [0.4, 0.5) is 13.2 Å². The van der Waals surface area contributed by atoms with E-state index in [9.17, 15) is 33.0 Å². The van der Waals surface area contributed by atoms with Crippen LogP contribution >= 0.6 is 22.9 Å². The summed E-state index contributed by atoms with van der Waals surface area (Å²) in [7, 11) is 0. The van der Waals surface area contributed by atoms with Gasteiger partial charge in [-0.1, -0.05) is 23.7 Å². The quantitative estimate of drug-likeness (QED) is 0.592. The van der Waals surface area contributed by atoms with Crippen LogP contribution in [-0.2, 0) is 9.59 Å². The van der Waals surface area contributed by atoms with Crippen LogP contribution in [0.25, 0.3) is 0 Å². The van der Waals surface area contributed by atoms with E-state index in [0.717, 1.165) is 4.90 Å². The fourth-order valence-electron chi connectivity index (χ4n) is 4.21. The van der Waals surface area contributed by atoms with Crippen LogP contribution in [0.15, 0.2) is 40.0 Å². The third-order valence-corrected chi connectivity index (χ3v) is 6.95. The highest BCUT2D eigenvalue weighted by molar-refractivity contribution is 7.11. The monoisotopic (exact) mass is 527 g/mol. The number of carbonyl (C=O) groups is 2. The van der Waals surface area contributed by atoms with E-state index in [1.807, 2.05) is 0 Å². The van der Waals surface area contributed by atoms with Gasteiger partial charge in [-0.15, -0.1) is 11.3 Å². The summed E-state index contributed by atoms with van der Waals surface area (Å²) in [6, 6.07) is 1.54. The van der Waals surface area contributed by atoms with Crippen LogP contribution < -0.4 is 10.4 Å². The van der Waals surface area contributed by atoms with Gasteiger partial charge in [-0.25, -0.2) is 18.2 Å². The molecule has 13 heteroatoms. The van der Waals surface area contributed by atoms with Crippen LogP contribution in [0.3, 0.4) is 0 Å². The van der Waals surface area contributed by atoms with Gasteiger partial charge < -0.3 is 20.3 Å². The second kappa shape index (κ2) is 9.59. The number of benzene rings is 1. The number of carbonyl (C=O) groups excluding carboxylic acids is 1. The topological polar surface area (TPSA) is 118 Å². The van der Waals surface area contributed by atoms with Crippen LogP contribution in [0.1, 0.15) is 28.6 Å². The summed E-state index contributed by atoms with van der Waals surface area (Å²) in [6.07, 6.45) is 0.684. The minimum absolute atomic E-state index is 0.0471. The van der Waals surface area contributed by atoms with Crippen molar-refractivity contribution in [3.63, 3.8) is 0 Å². The lowest BCUT2D eigenvalue weighted by Gasteiger charge is -2.38. The molecule has 1 aromatic heterocycles. The number of hydrogen-bond acceptors (Lipinski definition) is 8. The number of carboxylic acids is 2. The number of nitrogens with one attached hydrogen (secondary N) is 1. The fraction of sp³-hybridized carbons (Fsp3) is 0.364. The Morgan fingerprint density at radius 3 is 2.77 bits per heavy atom. The van der Waals surface area contributed by atoms with E-state index >= 15 is 0 Å². The van der Waals surface area contributed by atoms with E-state index in [0.29, 0.717) is 5.01 Å². The molecule has 186 valence electrons. The van der Waals surface area contributed by atoms with Gasteiger partial charge in [0.05, 0.1) is 23.5 Å². The van der Waals surface area contributed by atoms with Gasteiger partial charge in [0, 0.05) is 47.9 Å². The maximum atomic E-state index is 14.6. The predicted molar refractivity (Wildman–Crippen MR) is 120 cm³/mol. The SMILES string of the molecule is Cc1ccc([C@@H]2N=C(c3nccs3)NC(CN3C[C@H](C(=O)O)CC(F)(F)C3)=C2C(=O)[O-])c(Cl)c1F. The van der Waals surface area contributed by atoms with Gasteiger partial charge in [-0.3, -0.25) is 14.7 Å². The van der Waals surface area contributed by atoms with Gasteiger partial charge >= 0.3 is 5.97 Å². The Labute approximate surface area is 206 Å². The van der Waals surface area contributed by atoms with Crippen molar-refractivity contribution < 1.29 is 33.0 Å². The maximum absolute atomic E-state index is 14.6. The molecular formula is C22H19ClF3N4O4S-. The number of aromatic nitrogens is 1. The smallest absolute Gasteiger partial charge is 0.308 e. The molecule has 0 spiro atoms. The Hall–Kier alpha value is -2.96. The van der Waals surface area contributed by atoms with Crippen molar-refractivity contribution in [3.05, 3.63) is 62.0 Å². The van der Waals surface area contributed by atoms with Gasteiger partial charge in [0.2, 0.25) is 0 Å². The first-order valence-corrected chi connectivity index (χ1v) is 11.7. The van der Waals surface area contributed by atoms with Gasteiger partial charge in [0.15, 0.2) is 10.8 Å². The normalized spacial score (nSPS) is 22.5. The second-order valence-corrected chi connectivity index (χ2v) is 9.66. The molecule has 2 aromatic rings. The minimum atomic E-state index is -3.28. The summed E-state index contributed by atoms with van der Waals surface area (Å²) < 4.78 is 43.2. The number of carboxylic acid groups (broad SMARTS) is 2. The lowest BCUT2D eigenvalue weighted by Crippen LogP contribution is -2.51. The average molecular weight is 528 g/mol. The standard InChI is InChI=1S/C22H20ClF3N4O4S/c1-10-2-3-12(15(23)16(10)24)17-14(21(33)34)13(28-18(29-17)19-27-4-5-35-19)8-30-7-11(20(31)32)6-22(25,26)9-30/h2-5,11,17H,6-9H2,1H3,(H,28,29)(H,31,32)(H,33,34)/p-1/t11-,17+/m1/s1. The molecule has 35 heavy (non-hydrogen) atoms. The summed E-state index contributed by atoms with van der Waals surface area (Å²) in [5.74, 6) is -8.25. The van der Waals surface area contributed by atoms with Crippen molar-refractivity contribution in [2.24, 2.45) is 10.9 Å². The molecule has 0 saturated carbocycles. The fourth-order valence-corrected chi connectivity index (χ4v) is 5.11. The van der Waals surface area contributed by atoms with E-state index < -0.39 is 54.2 Å². The number of aryl methyl sites for hydroxylation is 1. The second-order valence-electron chi connectivity index (χ2n) is 8.39. The molecular weight excluding hydrogens is 509 g/mol. The van der Waals surface area contributed by atoms with Crippen molar-refractivity contribution in [2.45, 2.75) is 25.3 Å². The Morgan fingerprint density at radius 2 is 2.14 bits per heavy atom. The molecule has 0 bridgehead atoms. The number of nitrogens with zero attached hydrogens (tertiary/aromatic N) is 3. The van der Waals surface area contributed by atoms with E-state index in [1.165, 1.54) is 36.6 Å². The van der Waals surface area contributed by atoms with Gasteiger partial charge in [0.1, 0.15) is 11.9 Å². The first kappa shape index (κ1) is 25.1. The molecule has 1 aromatic carbocycles. The number of rotatable bonds is 6. The third-order valence-electron chi connectivity index (χ3n) is 5.79. The number of alkyl halides is 2. The van der Waals surface area contributed by atoms with Crippen molar-refractivity contribution in [1.29, 1.82) is 0 Å². The molecule has 0 radical (unpaired) electrons. The van der Waals surface area contributed by atoms with Crippen molar-refractivity contribution in [2.75, 3.05) is 19.6 Å². The van der Waals surface area contributed by atoms with E-state index in [4.69, 9.17) is 11.6 Å². The van der Waals surface area contributed by atoms with Crippen LogP contribution in [0.2, 0.25) is 5.02 Å². The van der Waals surface area contributed by atoms with Gasteiger partial charge in [0.25, 0.3) is 5.92 Å². The Morgan fingerprint density at radius 1 is 1.40 bits per heavy atom. The lowest BCUT2D eigenvalue weighted by molar-refractivity contribution is -0.299. The molecule has 0 amide bonds. The number of thiazole rings is 1. The molecule has 1 fully saturated rings. The number of aliphatic imine (C=N–C) groups is 1. The summed E-state index contributed by atoms with van der Waals surface area (Å²) in [6.45, 7) is 0.144. The molecule has 2 N–H and O–H groups in total.